The summed E-state index contributed by atoms with van der Waals surface area (Å²) in [4.78, 5) is 16.6. The highest BCUT2D eigenvalue weighted by molar-refractivity contribution is 5.77. The first-order chi connectivity index (χ1) is 11.2. The standard InChI is InChI=1S/C18H15N3O2/c1-12(15-10-13-6-2-3-7-14(13)23-15)19-16-11-18(22)21-9-5-4-8-17(21)20-16/h2-12,19H,1H3/t12-/m1/s1. The predicted molar refractivity (Wildman–Crippen MR) is 89.7 cm³/mol. The molecule has 23 heavy (non-hydrogen) atoms. The number of hydrogen-bond donors (Lipinski definition) is 1. The fourth-order valence-corrected chi connectivity index (χ4v) is 2.64. The zero-order valence-electron chi connectivity index (χ0n) is 12.6. The van der Waals surface area contributed by atoms with Gasteiger partial charge in [-0.2, -0.15) is 0 Å². The van der Waals surface area contributed by atoms with Crippen molar-refractivity contribution >= 4 is 22.4 Å². The van der Waals surface area contributed by atoms with Gasteiger partial charge in [-0.1, -0.05) is 24.3 Å². The molecule has 3 heterocycles. The lowest BCUT2D eigenvalue weighted by atomic mass is 10.2. The van der Waals surface area contributed by atoms with Crippen molar-refractivity contribution in [2.75, 3.05) is 5.32 Å². The van der Waals surface area contributed by atoms with E-state index >= 15 is 0 Å². The monoisotopic (exact) mass is 305 g/mol. The van der Waals surface area contributed by atoms with Crippen LogP contribution in [0.5, 0.6) is 0 Å². The quantitative estimate of drug-likeness (QED) is 0.628. The zero-order valence-corrected chi connectivity index (χ0v) is 12.6. The number of furan rings is 1. The molecule has 1 N–H and O–H groups in total. The Morgan fingerprint density at radius 2 is 1.96 bits per heavy atom. The van der Waals surface area contributed by atoms with E-state index in [1.54, 1.807) is 18.3 Å². The van der Waals surface area contributed by atoms with Crippen LogP contribution in [0.15, 0.2) is 70.0 Å². The van der Waals surface area contributed by atoms with E-state index in [0.717, 1.165) is 16.7 Å². The molecule has 0 fully saturated rings. The van der Waals surface area contributed by atoms with Gasteiger partial charge in [0.1, 0.15) is 22.8 Å². The molecule has 0 radical (unpaired) electrons. The Morgan fingerprint density at radius 3 is 2.83 bits per heavy atom. The number of hydrogen-bond acceptors (Lipinski definition) is 4. The highest BCUT2D eigenvalue weighted by Crippen LogP contribution is 2.25. The average Bonchev–Trinajstić information content (AvgIpc) is 2.99. The molecule has 0 saturated carbocycles. The number of para-hydroxylation sites is 1. The van der Waals surface area contributed by atoms with E-state index in [4.69, 9.17) is 4.42 Å². The highest BCUT2D eigenvalue weighted by atomic mass is 16.3. The SMILES string of the molecule is C[C@@H](Nc1cc(=O)n2ccccc2n1)c1cc2ccccc2o1. The Kier molecular flexibility index (Phi) is 3.12. The number of nitrogens with zero attached hydrogens (tertiary/aromatic N) is 2. The third-order valence-corrected chi connectivity index (χ3v) is 3.81. The Hall–Kier alpha value is -3.08. The van der Waals surface area contributed by atoms with E-state index in [-0.39, 0.29) is 11.6 Å². The molecule has 0 amide bonds. The molecule has 0 spiro atoms. The second-order valence-electron chi connectivity index (χ2n) is 5.46. The van der Waals surface area contributed by atoms with Gasteiger partial charge in [0, 0.05) is 17.6 Å². The minimum atomic E-state index is -0.116. The van der Waals surface area contributed by atoms with Gasteiger partial charge in [-0.05, 0) is 31.2 Å². The van der Waals surface area contributed by atoms with Crippen molar-refractivity contribution < 1.29 is 4.42 Å². The maximum absolute atomic E-state index is 12.1. The van der Waals surface area contributed by atoms with Gasteiger partial charge in [-0.25, -0.2) is 4.98 Å². The van der Waals surface area contributed by atoms with Crippen LogP contribution in [0.3, 0.4) is 0 Å². The second kappa shape index (κ2) is 5.28. The molecular weight excluding hydrogens is 290 g/mol. The summed E-state index contributed by atoms with van der Waals surface area (Å²) >= 11 is 0. The Bertz CT molecular complexity index is 1020. The summed E-state index contributed by atoms with van der Waals surface area (Å²) < 4.78 is 7.36. The highest BCUT2D eigenvalue weighted by Gasteiger charge is 2.12. The molecule has 0 aliphatic carbocycles. The second-order valence-corrected chi connectivity index (χ2v) is 5.46. The van der Waals surface area contributed by atoms with Crippen LogP contribution >= 0.6 is 0 Å². The molecule has 0 aliphatic heterocycles. The third-order valence-electron chi connectivity index (χ3n) is 3.81. The first-order valence-electron chi connectivity index (χ1n) is 7.44. The van der Waals surface area contributed by atoms with E-state index in [2.05, 4.69) is 10.3 Å². The molecule has 5 heteroatoms. The number of fused-ring (bicyclic) bond motifs is 2. The van der Waals surface area contributed by atoms with Gasteiger partial charge in [0.25, 0.3) is 5.56 Å². The molecular formula is C18H15N3O2. The van der Waals surface area contributed by atoms with E-state index in [9.17, 15) is 4.79 Å². The van der Waals surface area contributed by atoms with Crippen LogP contribution in [-0.2, 0) is 0 Å². The van der Waals surface area contributed by atoms with Crippen molar-refractivity contribution in [3.8, 4) is 0 Å². The summed E-state index contributed by atoms with van der Waals surface area (Å²) in [5.74, 6) is 1.34. The maximum Gasteiger partial charge on any atom is 0.259 e. The zero-order chi connectivity index (χ0) is 15.8. The molecule has 4 aromatic rings. The van der Waals surface area contributed by atoms with Crippen molar-refractivity contribution in [2.24, 2.45) is 0 Å². The number of benzene rings is 1. The van der Waals surface area contributed by atoms with Crippen LogP contribution in [-0.4, -0.2) is 9.38 Å². The van der Waals surface area contributed by atoms with Crippen LogP contribution in [0, 0.1) is 0 Å². The molecule has 114 valence electrons. The molecule has 0 unspecified atom stereocenters. The van der Waals surface area contributed by atoms with Crippen molar-refractivity contribution in [1.82, 2.24) is 9.38 Å². The summed E-state index contributed by atoms with van der Waals surface area (Å²) in [7, 11) is 0. The molecule has 5 nitrogen and oxygen atoms in total. The Balaban J connectivity index is 1.68. The summed E-state index contributed by atoms with van der Waals surface area (Å²) in [6.07, 6.45) is 1.71. The lowest BCUT2D eigenvalue weighted by molar-refractivity contribution is 0.525. The summed E-state index contributed by atoms with van der Waals surface area (Å²) in [6, 6.07) is 16.7. The number of pyridine rings is 1. The molecule has 0 bridgehead atoms. The topological polar surface area (TPSA) is 59.5 Å². The lowest BCUT2D eigenvalue weighted by Gasteiger charge is -2.12. The van der Waals surface area contributed by atoms with E-state index in [1.807, 2.05) is 43.3 Å². The number of nitrogens with one attached hydrogen (secondary N) is 1. The molecule has 0 aliphatic rings. The van der Waals surface area contributed by atoms with Crippen LogP contribution in [0.2, 0.25) is 0 Å². The molecule has 1 aromatic carbocycles. The van der Waals surface area contributed by atoms with Crippen LogP contribution < -0.4 is 10.9 Å². The van der Waals surface area contributed by atoms with Gasteiger partial charge in [0.2, 0.25) is 0 Å². The van der Waals surface area contributed by atoms with Crippen LogP contribution in [0.1, 0.15) is 18.7 Å². The molecule has 0 saturated heterocycles. The molecule has 3 aromatic heterocycles. The largest absolute Gasteiger partial charge is 0.459 e. The lowest BCUT2D eigenvalue weighted by Crippen LogP contribution is -2.16. The van der Waals surface area contributed by atoms with Crippen LogP contribution in [0.25, 0.3) is 16.6 Å². The first-order valence-corrected chi connectivity index (χ1v) is 7.44. The fraction of sp³-hybridized carbons (Fsp3) is 0.111. The minimum Gasteiger partial charge on any atom is -0.459 e. The van der Waals surface area contributed by atoms with Gasteiger partial charge in [-0.3, -0.25) is 9.20 Å². The number of anilines is 1. The average molecular weight is 305 g/mol. The van der Waals surface area contributed by atoms with Crippen molar-refractivity contribution in [2.45, 2.75) is 13.0 Å². The Morgan fingerprint density at radius 1 is 1.13 bits per heavy atom. The van der Waals surface area contributed by atoms with Crippen molar-refractivity contribution in [3.05, 3.63) is 76.9 Å². The summed E-state index contributed by atoms with van der Waals surface area (Å²) in [5, 5.41) is 4.29. The smallest absolute Gasteiger partial charge is 0.259 e. The predicted octanol–water partition coefficient (Wildman–Crippen LogP) is 3.61. The first kappa shape index (κ1) is 13.6. The van der Waals surface area contributed by atoms with Gasteiger partial charge in [-0.15, -0.1) is 0 Å². The van der Waals surface area contributed by atoms with E-state index in [1.165, 1.54) is 10.5 Å². The van der Waals surface area contributed by atoms with Gasteiger partial charge in [0.15, 0.2) is 0 Å². The maximum atomic E-state index is 12.1. The summed E-state index contributed by atoms with van der Waals surface area (Å²) in [5.41, 5.74) is 1.34. The van der Waals surface area contributed by atoms with E-state index < -0.39 is 0 Å². The van der Waals surface area contributed by atoms with Gasteiger partial charge < -0.3 is 9.73 Å². The van der Waals surface area contributed by atoms with Crippen molar-refractivity contribution in [3.63, 3.8) is 0 Å². The Labute approximate surface area is 132 Å². The molecule has 1 atom stereocenters. The fourth-order valence-electron chi connectivity index (χ4n) is 2.64. The number of rotatable bonds is 3. The third kappa shape index (κ3) is 2.46. The number of aromatic nitrogens is 2. The van der Waals surface area contributed by atoms with Crippen LogP contribution in [0.4, 0.5) is 5.82 Å². The minimum absolute atomic E-state index is 0.0968. The van der Waals surface area contributed by atoms with Gasteiger partial charge >= 0.3 is 0 Å². The molecule has 4 rings (SSSR count). The normalized spacial score (nSPS) is 12.6. The van der Waals surface area contributed by atoms with E-state index in [0.29, 0.717) is 11.5 Å². The van der Waals surface area contributed by atoms with Gasteiger partial charge in [0.05, 0.1) is 6.04 Å². The summed E-state index contributed by atoms with van der Waals surface area (Å²) in [6.45, 7) is 1.98. The van der Waals surface area contributed by atoms with Crippen molar-refractivity contribution in [1.29, 1.82) is 0 Å².